The molecule has 4 nitrogen and oxygen atoms in total. The Labute approximate surface area is 91.9 Å². The summed E-state index contributed by atoms with van der Waals surface area (Å²) in [6, 6.07) is 6.41. The first-order valence-corrected chi connectivity index (χ1v) is 7.23. The van der Waals surface area contributed by atoms with Crippen LogP contribution in [0.3, 0.4) is 0 Å². The second-order valence-electron chi connectivity index (χ2n) is 2.78. The summed E-state index contributed by atoms with van der Waals surface area (Å²) in [4.78, 5) is 11.7. The van der Waals surface area contributed by atoms with Gasteiger partial charge in [0.1, 0.15) is 0 Å². The molecule has 0 aliphatic rings. The van der Waals surface area contributed by atoms with Gasteiger partial charge in [0.15, 0.2) is 0 Å². The van der Waals surface area contributed by atoms with Crippen molar-refractivity contribution in [1.29, 1.82) is 0 Å². The van der Waals surface area contributed by atoms with Gasteiger partial charge in [-0.05, 0) is 12.1 Å². The van der Waals surface area contributed by atoms with Crippen molar-refractivity contribution in [1.82, 2.24) is 0 Å². The van der Waals surface area contributed by atoms with E-state index in [1.807, 2.05) is 0 Å². The van der Waals surface area contributed by atoms with Gasteiger partial charge in [-0.15, -0.1) is 0 Å². The smallest absolute Gasteiger partial charge is 0.339 e. The summed E-state index contributed by atoms with van der Waals surface area (Å²) in [6.45, 7) is 0. The van der Waals surface area contributed by atoms with E-state index in [0.717, 1.165) is 6.26 Å². The van der Waals surface area contributed by atoms with E-state index in [2.05, 4.69) is 4.74 Å². The Morgan fingerprint density at radius 2 is 1.93 bits per heavy atom. The van der Waals surface area contributed by atoms with Crippen LogP contribution in [0.15, 0.2) is 29.2 Å². The molecule has 0 radical (unpaired) electrons. The Bertz CT molecular complexity index is 465. The van der Waals surface area contributed by atoms with E-state index in [9.17, 15) is 13.2 Å². The van der Waals surface area contributed by atoms with Crippen LogP contribution in [-0.4, -0.2) is 27.8 Å². The lowest BCUT2D eigenvalue weighted by molar-refractivity contribution is 0.0597. The molecule has 0 N–H and O–H groups in total. The predicted molar refractivity (Wildman–Crippen MR) is 58.5 cm³/mol. The minimum atomic E-state index is -3.23. The van der Waals surface area contributed by atoms with E-state index in [1.165, 1.54) is 13.2 Å². The van der Waals surface area contributed by atoms with Gasteiger partial charge < -0.3 is 4.74 Å². The zero-order valence-corrected chi connectivity index (χ0v) is 9.89. The monoisotopic (exact) mass is 246 g/mol. The molecule has 0 bridgehead atoms. The molecule has 0 saturated heterocycles. The molecule has 0 spiro atoms. The molecule has 1 rings (SSSR count). The van der Waals surface area contributed by atoms with Gasteiger partial charge in [-0.2, -0.15) is 0 Å². The summed E-state index contributed by atoms with van der Waals surface area (Å²) in [5.41, 5.74) is 0.260. The fourth-order valence-electron chi connectivity index (χ4n) is 0.981. The number of hydrogen-bond acceptors (Lipinski definition) is 5. The minimum Gasteiger partial charge on any atom is -0.465 e. The third-order valence-corrected chi connectivity index (χ3v) is 3.82. The number of ether oxygens (including phenoxy) is 1. The summed E-state index contributed by atoms with van der Waals surface area (Å²) in [5, 5.41) is 0. The fourth-order valence-corrected chi connectivity index (χ4v) is 3.10. The highest BCUT2D eigenvalue weighted by atomic mass is 33.1. The molecule has 0 fully saturated rings. The SMILES string of the molecule is COC(=O)c1ccccc1SS(C)(=O)=O. The lowest BCUT2D eigenvalue weighted by Gasteiger charge is -2.04. The average molecular weight is 246 g/mol. The van der Waals surface area contributed by atoms with E-state index in [1.54, 1.807) is 18.2 Å². The average Bonchev–Trinajstić information content (AvgIpc) is 2.15. The van der Waals surface area contributed by atoms with E-state index < -0.39 is 14.8 Å². The van der Waals surface area contributed by atoms with Crippen LogP contribution in [0.25, 0.3) is 0 Å². The summed E-state index contributed by atoms with van der Waals surface area (Å²) in [5.74, 6) is -0.540. The van der Waals surface area contributed by atoms with Crippen molar-refractivity contribution in [3.8, 4) is 0 Å². The summed E-state index contributed by atoms with van der Waals surface area (Å²) >= 11 is 0. The molecule has 6 heteroatoms. The first-order chi connectivity index (χ1) is 6.94. The van der Waals surface area contributed by atoms with Gasteiger partial charge in [0.05, 0.1) is 12.7 Å². The second-order valence-corrected chi connectivity index (χ2v) is 7.11. The van der Waals surface area contributed by atoms with Gasteiger partial charge >= 0.3 is 5.97 Å². The molecule has 0 heterocycles. The quantitative estimate of drug-likeness (QED) is 0.598. The molecule has 15 heavy (non-hydrogen) atoms. The number of benzene rings is 1. The number of hydrogen-bond donors (Lipinski definition) is 0. The normalized spacial score (nSPS) is 11.1. The van der Waals surface area contributed by atoms with Gasteiger partial charge in [-0.25, -0.2) is 13.2 Å². The third-order valence-electron chi connectivity index (χ3n) is 1.53. The maximum atomic E-state index is 11.3. The van der Waals surface area contributed by atoms with Crippen LogP contribution in [-0.2, 0) is 13.6 Å². The maximum absolute atomic E-state index is 11.3. The van der Waals surface area contributed by atoms with Gasteiger partial charge in [0.2, 0.25) is 8.87 Å². The zero-order chi connectivity index (χ0) is 11.5. The van der Waals surface area contributed by atoms with Crippen LogP contribution in [0.2, 0.25) is 0 Å². The zero-order valence-electron chi connectivity index (χ0n) is 8.26. The maximum Gasteiger partial charge on any atom is 0.339 e. The number of rotatable bonds is 3. The molecule has 0 saturated carbocycles. The highest BCUT2D eigenvalue weighted by molar-refractivity contribution is 8.71. The van der Waals surface area contributed by atoms with Crippen LogP contribution < -0.4 is 0 Å². The predicted octanol–water partition coefficient (Wildman–Crippen LogP) is 1.52. The van der Waals surface area contributed by atoms with Crippen LogP contribution in [0, 0.1) is 0 Å². The molecule has 82 valence electrons. The lowest BCUT2D eigenvalue weighted by atomic mass is 10.2. The van der Waals surface area contributed by atoms with Gasteiger partial charge in [0, 0.05) is 21.9 Å². The van der Waals surface area contributed by atoms with Crippen molar-refractivity contribution in [3.05, 3.63) is 29.8 Å². The Hall–Kier alpha value is -1.01. The van der Waals surface area contributed by atoms with Crippen LogP contribution in [0.5, 0.6) is 0 Å². The Balaban J connectivity index is 3.13. The van der Waals surface area contributed by atoms with Crippen LogP contribution in [0.1, 0.15) is 10.4 Å². The second kappa shape index (κ2) is 4.67. The number of carbonyl (C=O) groups excluding carboxylic acids is 1. The molecular weight excluding hydrogens is 236 g/mol. The number of carbonyl (C=O) groups is 1. The first-order valence-electron chi connectivity index (χ1n) is 4.01. The van der Waals surface area contributed by atoms with Gasteiger partial charge in [-0.3, -0.25) is 0 Å². The topological polar surface area (TPSA) is 60.4 Å². The molecule has 0 unspecified atom stereocenters. The third kappa shape index (κ3) is 3.56. The highest BCUT2D eigenvalue weighted by Crippen LogP contribution is 2.27. The number of esters is 1. The Morgan fingerprint density at radius 1 is 1.33 bits per heavy atom. The van der Waals surface area contributed by atoms with Crippen molar-refractivity contribution in [2.45, 2.75) is 4.90 Å². The molecule has 0 aliphatic heterocycles. The molecule has 0 amide bonds. The van der Waals surface area contributed by atoms with Crippen molar-refractivity contribution >= 4 is 25.6 Å². The molecule has 0 atom stereocenters. The molecule has 1 aromatic carbocycles. The summed E-state index contributed by atoms with van der Waals surface area (Å²) in [6.07, 6.45) is 1.09. The van der Waals surface area contributed by atoms with E-state index in [-0.39, 0.29) is 5.56 Å². The van der Waals surface area contributed by atoms with Crippen molar-refractivity contribution < 1.29 is 17.9 Å². The molecule has 0 aliphatic carbocycles. The molecular formula is C9H10O4S2. The van der Waals surface area contributed by atoms with Crippen LogP contribution in [0.4, 0.5) is 0 Å². The van der Waals surface area contributed by atoms with E-state index >= 15 is 0 Å². The van der Waals surface area contributed by atoms with E-state index in [4.69, 9.17) is 0 Å². The first kappa shape index (κ1) is 12.1. The summed E-state index contributed by atoms with van der Waals surface area (Å²) < 4.78 is 26.7. The standard InChI is InChI=1S/C9H10O4S2/c1-13-9(10)7-5-3-4-6-8(7)14-15(2,11)12/h3-6H,1-2H3. The molecule has 1 aromatic rings. The van der Waals surface area contributed by atoms with Crippen molar-refractivity contribution in [2.75, 3.05) is 13.4 Å². The highest BCUT2D eigenvalue weighted by Gasteiger charge is 2.15. The minimum absolute atomic E-state index is 0.260. The van der Waals surface area contributed by atoms with Gasteiger partial charge in [0.25, 0.3) is 0 Å². The Morgan fingerprint density at radius 3 is 2.47 bits per heavy atom. The molecule has 0 aromatic heterocycles. The van der Waals surface area contributed by atoms with Crippen molar-refractivity contribution in [3.63, 3.8) is 0 Å². The van der Waals surface area contributed by atoms with Crippen molar-refractivity contribution in [2.24, 2.45) is 0 Å². The van der Waals surface area contributed by atoms with Gasteiger partial charge in [-0.1, -0.05) is 12.1 Å². The number of methoxy groups -OCH3 is 1. The lowest BCUT2D eigenvalue weighted by Crippen LogP contribution is -2.03. The summed E-state index contributed by atoms with van der Waals surface area (Å²) in [7, 11) is -1.34. The van der Waals surface area contributed by atoms with Crippen LogP contribution >= 0.6 is 10.8 Å². The Kier molecular flexibility index (Phi) is 3.76. The van der Waals surface area contributed by atoms with E-state index in [0.29, 0.717) is 15.7 Å². The fraction of sp³-hybridized carbons (Fsp3) is 0.222. The largest absolute Gasteiger partial charge is 0.465 e.